The summed E-state index contributed by atoms with van der Waals surface area (Å²) in [5.41, 5.74) is 2.05. The molecule has 1 rings (SSSR count). The van der Waals surface area contributed by atoms with E-state index < -0.39 is 6.36 Å². The minimum atomic E-state index is -4.55. The van der Waals surface area contributed by atoms with Crippen molar-refractivity contribution in [3.05, 3.63) is 29.8 Å². The van der Waals surface area contributed by atoms with Crippen LogP contribution in [0.3, 0.4) is 0 Å². The Balaban J connectivity index is 2.26. The Morgan fingerprint density at radius 2 is 1.83 bits per heavy atom. The molecule has 0 atom stereocenters. The van der Waals surface area contributed by atoms with E-state index in [1.165, 1.54) is 5.56 Å². The van der Waals surface area contributed by atoms with Crippen LogP contribution >= 0.6 is 0 Å². The molecule has 0 saturated heterocycles. The van der Waals surface area contributed by atoms with E-state index in [-0.39, 0.29) is 13.2 Å². The lowest BCUT2D eigenvalue weighted by Gasteiger charge is -2.09. The third-order valence-corrected chi connectivity index (χ3v) is 2.47. The molecule has 0 unspecified atom stereocenters. The number of rotatable bonds is 7. The van der Waals surface area contributed by atoms with E-state index in [4.69, 9.17) is 0 Å². The van der Waals surface area contributed by atoms with Crippen molar-refractivity contribution in [2.45, 2.75) is 32.5 Å². The van der Waals surface area contributed by atoms with E-state index in [0.29, 0.717) is 0 Å². The minimum Gasteiger partial charge on any atom is -0.383 e. The van der Waals surface area contributed by atoms with Crippen molar-refractivity contribution in [3.63, 3.8) is 0 Å². The summed E-state index contributed by atoms with van der Waals surface area (Å²) < 4.78 is 38.8. The molecule has 0 fully saturated rings. The van der Waals surface area contributed by atoms with Gasteiger partial charge in [0.2, 0.25) is 0 Å². The number of nitrogens with one attached hydrogen (secondary N) is 1. The monoisotopic (exact) mass is 261 g/mol. The molecule has 0 bridgehead atoms. The summed E-state index contributed by atoms with van der Waals surface area (Å²) in [6.07, 6.45) is -1.22. The fourth-order valence-electron chi connectivity index (χ4n) is 1.53. The van der Waals surface area contributed by atoms with E-state index in [0.717, 1.165) is 24.9 Å². The van der Waals surface area contributed by atoms with Crippen molar-refractivity contribution in [3.8, 4) is 0 Å². The standard InChI is InChI=1S/C13H18F3NO/c1-2-3-4-11-5-7-12(8-6-11)17-9-10-18-13(14,15)16/h5-8,17H,2-4,9-10H2,1H3. The molecule has 5 heteroatoms. The van der Waals surface area contributed by atoms with Gasteiger partial charge >= 0.3 is 6.36 Å². The number of ether oxygens (including phenoxy) is 1. The largest absolute Gasteiger partial charge is 0.522 e. The Hall–Kier alpha value is -1.23. The Morgan fingerprint density at radius 1 is 1.17 bits per heavy atom. The van der Waals surface area contributed by atoms with Gasteiger partial charge in [-0.2, -0.15) is 0 Å². The van der Waals surface area contributed by atoms with Crippen molar-refractivity contribution >= 4 is 5.69 Å². The number of aryl methyl sites for hydroxylation is 1. The van der Waals surface area contributed by atoms with Crippen LogP contribution in [0, 0.1) is 0 Å². The summed E-state index contributed by atoms with van der Waals surface area (Å²) in [7, 11) is 0. The Morgan fingerprint density at radius 3 is 2.39 bits per heavy atom. The van der Waals surface area contributed by atoms with E-state index in [1.54, 1.807) is 0 Å². The number of alkyl halides is 3. The highest BCUT2D eigenvalue weighted by Crippen LogP contribution is 2.16. The van der Waals surface area contributed by atoms with Crippen molar-refractivity contribution in [2.24, 2.45) is 0 Å². The second-order valence-electron chi connectivity index (χ2n) is 4.02. The lowest BCUT2D eigenvalue weighted by molar-refractivity contribution is -0.322. The molecule has 0 saturated carbocycles. The van der Waals surface area contributed by atoms with Crippen LogP contribution in [-0.2, 0) is 11.2 Å². The molecule has 0 radical (unpaired) electrons. The van der Waals surface area contributed by atoms with Crippen LogP contribution in [0.1, 0.15) is 25.3 Å². The number of hydrogen-bond acceptors (Lipinski definition) is 2. The van der Waals surface area contributed by atoms with Gasteiger partial charge in [0.25, 0.3) is 0 Å². The number of anilines is 1. The second kappa shape index (κ2) is 7.26. The molecule has 0 heterocycles. The summed E-state index contributed by atoms with van der Waals surface area (Å²) in [6, 6.07) is 7.72. The summed E-state index contributed by atoms with van der Waals surface area (Å²) in [4.78, 5) is 0. The lowest BCUT2D eigenvalue weighted by Crippen LogP contribution is -2.19. The van der Waals surface area contributed by atoms with E-state index in [9.17, 15) is 13.2 Å². The Bertz CT molecular complexity index is 335. The van der Waals surface area contributed by atoms with E-state index >= 15 is 0 Å². The molecule has 0 aliphatic heterocycles. The molecule has 0 aromatic heterocycles. The third-order valence-electron chi connectivity index (χ3n) is 2.47. The molecular formula is C13H18F3NO. The highest BCUT2D eigenvalue weighted by molar-refractivity contribution is 5.44. The van der Waals surface area contributed by atoms with Gasteiger partial charge in [0, 0.05) is 12.2 Å². The highest BCUT2D eigenvalue weighted by atomic mass is 19.4. The van der Waals surface area contributed by atoms with Crippen molar-refractivity contribution in [2.75, 3.05) is 18.5 Å². The van der Waals surface area contributed by atoms with Gasteiger partial charge in [0.15, 0.2) is 0 Å². The van der Waals surface area contributed by atoms with Gasteiger partial charge in [-0.3, -0.25) is 4.74 Å². The quantitative estimate of drug-likeness (QED) is 0.750. The Kier molecular flexibility index (Phi) is 5.98. The smallest absolute Gasteiger partial charge is 0.383 e. The predicted octanol–water partition coefficient (Wildman–Crippen LogP) is 3.98. The van der Waals surface area contributed by atoms with Crippen LogP contribution in [0.25, 0.3) is 0 Å². The minimum absolute atomic E-state index is 0.133. The van der Waals surface area contributed by atoms with Crippen LogP contribution < -0.4 is 5.32 Å². The number of hydrogen-bond donors (Lipinski definition) is 1. The molecule has 1 aromatic carbocycles. The maximum atomic E-state index is 11.7. The predicted molar refractivity (Wildman–Crippen MR) is 65.6 cm³/mol. The zero-order valence-corrected chi connectivity index (χ0v) is 10.4. The van der Waals surface area contributed by atoms with Gasteiger partial charge in [0.1, 0.15) is 0 Å². The first kappa shape index (κ1) is 14.8. The first-order valence-electron chi connectivity index (χ1n) is 6.05. The first-order chi connectivity index (χ1) is 8.51. The SMILES string of the molecule is CCCCc1ccc(NCCOC(F)(F)F)cc1. The molecule has 102 valence electrons. The zero-order valence-electron chi connectivity index (χ0n) is 10.4. The maximum Gasteiger partial charge on any atom is 0.522 e. The number of unbranched alkanes of at least 4 members (excludes halogenated alkanes) is 1. The average molecular weight is 261 g/mol. The van der Waals surface area contributed by atoms with Gasteiger partial charge in [0.05, 0.1) is 6.61 Å². The fraction of sp³-hybridized carbons (Fsp3) is 0.538. The molecular weight excluding hydrogens is 243 g/mol. The summed E-state index contributed by atoms with van der Waals surface area (Å²) in [6.45, 7) is 1.88. The maximum absolute atomic E-state index is 11.7. The van der Waals surface area contributed by atoms with Crippen molar-refractivity contribution in [1.29, 1.82) is 0 Å². The molecule has 0 amide bonds. The van der Waals surface area contributed by atoms with E-state index in [2.05, 4.69) is 17.0 Å². The van der Waals surface area contributed by atoms with Crippen LogP contribution in [-0.4, -0.2) is 19.5 Å². The summed E-state index contributed by atoms with van der Waals surface area (Å²) in [5, 5.41) is 2.88. The second-order valence-corrected chi connectivity index (χ2v) is 4.02. The number of halogens is 3. The van der Waals surface area contributed by atoms with Crippen molar-refractivity contribution in [1.82, 2.24) is 0 Å². The van der Waals surface area contributed by atoms with Crippen LogP contribution in [0.15, 0.2) is 24.3 Å². The van der Waals surface area contributed by atoms with Gasteiger partial charge in [-0.1, -0.05) is 25.5 Å². The number of benzene rings is 1. The molecule has 0 aliphatic rings. The average Bonchev–Trinajstić information content (AvgIpc) is 2.32. The molecule has 1 N–H and O–H groups in total. The van der Waals surface area contributed by atoms with Crippen LogP contribution in [0.4, 0.5) is 18.9 Å². The summed E-state index contributed by atoms with van der Waals surface area (Å²) in [5.74, 6) is 0. The zero-order chi connectivity index (χ0) is 13.4. The Labute approximate surface area is 105 Å². The molecule has 0 aliphatic carbocycles. The molecule has 0 spiro atoms. The first-order valence-corrected chi connectivity index (χ1v) is 6.05. The lowest BCUT2D eigenvalue weighted by atomic mass is 10.1. The van der Waals surface area contributed by atoms with E-state index in [1.807, 2.05) is 24.3 Å². The normalized spacial score (nSPS) is 11.6. The van der Waals surface area contributed by atoms with Gasteiger partial charge < -0.3 is 5.32 Å². The summed E-state index contributed by atoms with van der Waals surface area (Å²) >= 11 is 0. The molecule has 1 aromatic rings. The van der Waals surface area contributed by atoms with Gasteiger partial charge in [-0.25, -0.2) is 0 Å². The third kappa shape index (κ3) is 6.49. The molecule has 2 nitrogen and oxygen atoms in total. The fourth-order valence-corrected chi connectivity index (χ4v) is 1.53. The van der Waals surface area contributed by atoms with Crippen LogP contribution in [0.2, 0.25) is 0 Å². The van der Waals surface area contributed by atoms with Gasteiger partial charge in [-0.05, 0) is 30.5 Å². The van der Waals surface area contributed by atoms with Gasteiger partial charge in [-0.15, -0.1) is 13.2 Å². The topological polar surface area (TPSA) is 21.3 Å². The van der Waals surface area contributed by atoms with Crippen LogP contribution in [0.5, 0.6) is 0 Å². The highest BCUT2D eigenvalue weighted by Gasteiger charge is 2.28. The van der Waals surface area contributed by atoms with Crippen molar-refractivity contribution < 1.29 is 17.9 Å². The molecule has 18 heavy (non-hydrogen) atoms.